The molecule has 0 aliphatic carbocycles. The van der Waals surface area contributed by atoms with Gasteiger partial charge in [0.15, 0.2) is 0 Å². The predicted octanol–water partition coefficient (Wildman–Crippen LogP) is 5.68. The molecular weight excluding hydrogens is 508 g/mol. The van der Waals surface area contributed by atoms with Gasteiger partial charge in [0.05, 0.1) is 20.1 Å². The summed E-state index contributed by atoms with van der Waals surface area (Å²) in [6, 6.07) is 22.2. The minimum Gasteiger partial charge on any atom is -0.0826 e. The van der Waals surface area contributed by atoms with E-state index in [1.54, 1.807) is 0 Å². The maximum absolute atomic E-state index is 6.51. The quantitative estimate of drug-likeness (QED) is 0.181. The Hall–Kier alpha value is 0.0487. The Bertz CT molecular complexity index is 786. The van der Waals surface area contributed by atoms with Crippen molar-refractivity contribution >= 4 is 94.1 Å². The molecule has 6 heteroatoms. The summed E-state index contributed by atoms with van der Waals surface area (Å²) < 4.78 is 0. The Morgan fingerprint density at radius 3 is 1.50 bits per heavy atom. The standard InChI is InChI=1S/C18H11Cl4P.Sn/c19-14-11-15(17(21)18(22)16(14)20)23(12-7-3-1-4-8-12)13-9-5-2-6-10-13;/h1-11H;. The normalized spacial score (nSPS) is 10.5. The third-order valence-corrected chi connectivity index (χ3v) is 7.70. The maximum atomic E-state index is 6.51. The van der Waals surface area contributed by atoms with Gasteiger partial charge in [-0.2, -0.15) is 0 Å². The second kappa shape index (κ2) is 9.12. The molecule has 0 amide bonds. The average Bonchev–Trinajstić information content (AvgIpc) is 2.60. The molecule has 3 aromatic rings. The first-order valence-electron chi connectivity index (χ1n) is 6.83. The fraction of sp³-hybridized carbons (Fsp3) is 0. The molecule has 4 radical (unpaired) electrons. The summed E-state index contributed by atoms with van der Waals surface area (Å²) in [6.07, 6.45) is 0. The molecule has 3 rings (SSSR count). The van der Waals surface area contributed by atoms with E-state index in [1.165, 1.54) is 10.6 Å². The van der Waals surface area contributed by atoms with Crippen LogP contribution in [0.2, 0.25) is 20.1 Å². The summed E-state index contributed by atoms with van der Waals surface area (Å²) in [7, 11) is -0.871. The van der Waals surface area contributed by atoms with Gasteiger partial charge >= 0.3 is 0 Å². The largest absolute Gasteiger partial charge is 0.0826 e. The molecule has 0 aliphatic heterocycles. The van der Waals surface area contributed by atoms with Gasteiger partial charge in [0.25, 0.3) is 0 Å². The second-order valence-electron chi connectivity index (χ2n) is 4.83. The zero-order chi connectivity index (χ0) is 16.4. The fourth-order valence-electron chi connectivity index (χ4n) is 2.30. The van der Waals surface area contributed by atoms with Crippen molar-refractivity contribution in [1.82, 2.24) is 0 Å². The molecule has 0 aliphatic rings. The Kier molecular flexibility index (Phi) is 7.74. The van der Waals surface area contributed by atoms with Crippen LogP contribution in [0.5, 0.6) is 0 Å². The second-order valence-corrected chi connectivity index (χ2v) is 8.55. The molecule has 0 aromatic heterocycles. The topological polar surface area (TPSA) is 0 Å². The molecule has 0 fully saturated rings. The zero-order valence-electron chi connectivity index (χ0n) is 12.3. The summed E-state index contributed by atoms with van der Waals surface area (Å²) in [5, 5.41) is 4.71. The van der Waals surface area contributed by atoms with Crippen LogP contribution < -0.4 is 15.9 Å². The van der Waals surface area contributed by atoms with Gasteiger partial charge in [-0.15, -0.1) is 0 Å². The minimum atomic E-state index is -0.871. The van der Waals surface area contributed by atoms with Crippen LogP contribution in [0, 0.1) is 0 Å². The van der Waals surface area contributed by atoms with Crippen LogP contribution in [-0.2, 0) is 0 Å². The van der Waals surface area contributed by atoms with E-state index in [4.69, 9.17) is 46.4 Å². The Morgan fingerprint density at radius 1 is 0.583 bits per heavy atom. The van der Waals surface area contributed by atoms with E-state index >= 15 is 0 Å². The van der Waals surface area contributed by atoms with Gasteiger partial charge in [-0.1, -0.05) is 107 Å². The van der Waals surface area contributed by atoms with Gasteiger partial charge in [-0.25, -0.2) is 0 Å². The molecule has 0 nitrogen and oxygen atoms in total. The van der Waals surface area contributed by atoms with Crippen molar-refractivity contribution in [2.24, 2.45) is 0 Å². The van der Waals surface area contributed by atoms with Crippen molar-refractivity contribution < 1.29 is 0 Å². The van der Waals surface area contributed by atoms with E-state index < -0.39 is 7.92 Å². The maximum Gasteiger partial charge on any atom is 0.0800 e. The van der Waals surface area contributed by atoms with Crippen molar-refractivity contribution in [3.05, 3.63) is 86.8 Å². The number of hydrogen-bond donors (Lipinski definition) is 0. The molecule has 120 valence electrons. The molecule has 0 bridgehead atoms. The van der Waals surface area contributed by atoms with Crippen LogP contribution in [0.3, 0.4) is 0 Å². The van der Waals surface area contributed by atoms with Gasteiger partial charge < -0.3 is 0 Å². The molecule has 3 aromatic carbocycles. The molecule has 0 atom stereocenters. The zero-order valence-corrected chi connectivity index (χ0v) is 19.1. The van der Waals surface area contributed by atoms with Crippen molar-refractivity contribution in [2.75, 3.05) is 0 Å². The van der Waals surface area contributed by atoms with Gasteiger partial charge in [-0.05, 0) is 24.6 Å². The van der Waals surface area contributed by atoms with Crippen LogP contribution in [0.15, 0.2) is 66.7 Å². The summed E-state index contributed by atoms with van der Waals surface area (Å²) >= 11 is 25.1. The molecule has 24 heavy (non-hydrogen) atoms. The van der Waals surface area contributed by atoms with Crippen molar-refractivity contribution in [3.8, 4) is 0 Å². The summed E-state index contributed by atoms with van der Waals surface area (Å²) in [5.74, 6) is 0. The van der Waals surface area contributed by atoms with Gasteiger partial charge in [0.1, 0.15) is 0 Å². The molecule has 0 saturated carbocycles. The van der Waals surface area contributed by atoms with Gasteiger partial charge in [-0.3, -0.25) is 0 Å². The Labute approximate surface area is 179 Å². The molecule has 0 saturated heterocycles. The molecular formula is C18H11Cl4PSn. The summed E-state index contributed by atoms with van der Waals surface area (Å²) in [5.41, 5.74) is 0. The van der Waals surface area contributed by atoms with E-state index in [9.17, 15) is 0 Å². The van der Waals surface area contributed by atoms with Crippen LogP contribution in [0.4, 0.5) is 0 Å². The number of hydrogen-bond acceptors (Lipinski definition) is 0. The molecule has 0 unspecified atom stereocenters. The molecule has 0 N–H and O–H groups in total. The smallest absolute Gasteiger partial charge is 0.0800 e. The first-order chi connectivity index (χ1) is 11.1. The number of halogens is 4. The van der Waals surface area contributed by atoms with Crippen LogP contribution >= 0.6 is 54.3 Å². The first kappa shape index (κ1) is 20.4. The first-order valence-corrected chi connectivity index (χ1v) is 9.68. The van der Waals surface area contributed by atoms with E-state index in [2.05, 4.69) is 24.3 Å². The molecule has 0 spiro atoms. The SMILES string of the molecule is Clc1cc(P(c2ccccc2)c2ccccc2)c(Cl)c(Cl)c1Cl.[Sn]. The predicted molar refractivity (Wildman–Crippen MR) is 111 cm³/mol. The average molecular weight is 519 g/mol. The molecule has 0 heterocycles. The van der Waals surface area contributed by atoms with Gasteiger partial charge in [0.2, 0.25) is 0 Å². The monoisotopic (exact) mass is 518 g/mol. The van der Waals surface area contributed by atoms with Gasteiger partial charge in [0, 0.05) is 29.2 Å². The Morgan fingerprint density at radius 2 is 1.04 bits per heavy atom. The Balaban J connectivity index is 0.00000208. The van der Waals surface area contributed by atoms with Crippen molar-refractivity contribution in [3.63, 3.8) is 0 Å². The van der Waals surface area contributed by atoms with E-state index in [-0.39, 0.29) is 28.9 Å². The van der Waals surface area contributed by atoms with E-state index in [0.29, 0.717) is 15.1 Å². The third-order valence-electron chi connectivity index (χ3n) is 3.35. The van der Waals surface area contributed by atoms with Crippen molar-refractivity contribution in [1.29, 1.82) is 0 Å². The fourth-order valence-corrected chi connectivity index (χ4v) is 5.86. The van der Waals surface area contributed by atoms with E-state index in [1.807, 2.05) is 42.5 Å². The summed E-state index contributed by atoms with van der Waals surface area (Å²) in [4.78, 5) is 0. The minimum absolute atomic E-state index is 0. The third kappa shape index (κ3) is 4.23. The summed E-state index contributed by atoms with van der Waals surface area (Å²) in [6.45, 7) is 0. The van der Waals surface area contributed by atoms with Crippen LogP contribution in [-0.4, -0.2) is 23.9 Å². The number of rotatable bonds is 3. The number of benzene rings is 3. The van der Waals surface area contributed by atoms with Crippen LogP contribution in [0.1, 0.15) is 0 Å². The van der Waals surface area contributed by atoms with Crippen molar-refractivity contribution in [2.45, 2.75) is 0 Å². The van der Waals surface area contributed by atoms with E-state index in [0.717, 1.165) is 5.30 Å². The van der Waals surface area contributed by atoms with Crippen LogP contribution in [0.25, 0.3) is 0 Å².